The summed E-state index contributed by atoms with van der Waals surface area (Å²) in [7, 11) is 0. The summed E-state index contributed by atoms with van der Waals surface area (Å²) in [6.07, 6.45) is 4.40. The zero-order valence-electron chi connectivity index (χ0n) is 10.4. The van der Waals surface area contributed by atoms with Gasteiger partial charge in [0.25, 0.3) is 0 Å². The van der Waals surface area contributed by atoms with Gasteiger partial charge < -0.3 is 10.0 Å². The van der Waals surface area contributed by atoms with Crippen LogP contribution in [0.5, 0.6) is 0 Å². The molecule has 1 aromatic carbocycles. The summed E-state index contributed by atoms with van der Waals surface area (Å²) < 4.78 is 0. The van der Waals surface area contributed by atoms with Crippen LogP contribution < -0.4 is 0 Å². The molecule has 1 aliphatic heterocycles. The number of β-amino-alcohol motifs (C(OH)–C–C–N with tert-alkyl or cyclic N) is 1. The lowest BCUT2D eigenvalue weighted by Crippen LogP contribution is -2.41. The van der Waals surface area contributed by atoms with Gasteiger partial charge in [0.15, 0.2) is 0 Å². The van der Waals surface area contributed by atoms with Crippen molar-refractivity contribution in [3.05, 3.63) is 39.9 Å². The van der Waals surface area contributed by atoms with Crippen molar-refractivity contribution >= 4 is 35.2 Å². The van der Waals surface area contributed by atoms with Crippen molar-refractivity contribution in [1.29, 1.82) is 0 Å². The second kappa shape index (κ2) is 6.42. The van der Waals surface area contributed by atoms with E-state index in [1.165, 1.54) is 6.08 Å². The van der Waals surface area contributed by atoms with Crippen LogP contribution in [0.1, 0.15) is 18.4 Å². The van der Waals surface area contributed by atoms with E-state index in [9.17, 15) is 9.90 Å². The van der Waals surface area contributed by atoms with E-state index >= 15 is 0 Å². The van der Waals surface area contributed by atoms with Crippen LogP contribution in [0.3, 0.4) is 0 Å². The fourth-order valence-electron chi connectivity index (χ4n) is 2.04. The molecule has 1 saturated heterocycles. The number of carbonyl (C=O) groups is 1. The molecule has 1 amide bonds. The Balaban J connectivity index is 2.01. The fourth-order valence-corrected chi connectivity index (χ4v) is 2.35. The van der Waals surface area contributed by atoms with Gasteiger partial charge in [-0.25, -0.2) is 0 Å². The maximum atomic E-state index is 11.9. The molecule has 2 rings (SSSR count). The van der Waals surface area contributed by atoms with Crippen molar-refractivity contribution in [3.8, 4) is 0 Å². The summed E-state index contributed by atoms with van der Waals surface area (Å²) in [5.41, 5.74) is 0.820. The first kappa shape index (κ1) is 14.4. The van der Waals surface area contributed by atoms with Crippen molar-refractivity contribution in [2.45, 2.75) is 18.9 Å². The summed E-state index contributed by atoms with van der Waals surface area (Å²) in [4.78, 5) is 13.6. The van der Waals surface area contributed by atoms with E-state index < -0.39 is 6.10 Å². The minimum absolute atomic E-state index is 0.0928. The number of halogens is 2. The molecule has 0 aliphatic carbocycles. The van der Waals surface area contributed by atoms with E-state index in [0.29, 0.717) is 23.1 Å². The van der Waals surface area contributed by atoms with E-state index in [-0.39, 0.29) is 5.91 Å². The predicted molar refractivity (Wildman–Crippen MR) is 77.3 cm³/mol. The summed E-state index contributed by atoms with van der Waals surface area (Å²) in [6, 6.07) is 5.19. The molecule has 5 heteroatoms. The van der Waals surface area contributed by atoms with Crippen LogP contribution >= 0.6 is 23.2 Å². The molecular formula is C14H15Cl2NO2. The maximum absolute atomic E-state index is 11.9. The van der Waals surface area contributed by atoms with Crippen LogP contribution in [0.2, 0.25) is 10.0 Å². The van der Waals surface area contributed by atoms with Crippen LogP contribution in [0, 0.1) is 0 Å². The zero-order chi connectivity index (χ0) is 13.8. The van der Waals surface area contributed by atoms with Gasteiger partial charge in [0.05, 0.1) is 16.1 Å². The third-order valence-electron chi connectivity index (χ3n) is 3.07. The number of benzene rings is 1. The molecule has 102 valence electrons. The highest BCUT2D eigenvalue weighted by molar-refractivity contribution is 6.42. The fraction of sp³-hybridized carbons (Fsp3) is 0.357. The van der Waals surface area contributed by atoms with Gasteiger partial charge in [-0.1, -0.05) is 29.3 Å². The lowest BCUT2D eigenvalue weighted by Gasteiger charge is -2.29. The molecule has 19 heavy (non-hydrogen) atoms. The molecule has 0 radical (unpaired) electrons. The lowest BCUT2D eigenvalue weighted by atomic mass is 10.1. The highest BCUT2D eigenvalue weighted by atomic mass is 35.5. The number of hydrogen-bond donors (Lipinski definition) is 1. The summed E-state index contributed by atoms with van der Waals surface area (Å²) in [6.45, 7) is 1.10. The number of carbonyl (C=O) groups excluding carboxylic acids is 1. The first-order valence-corrected chi connectivity index (χ1v) is 6.92. The standard InChI is InChI=1S/C14H15Cl2NO2/c15-12-5-3-10(8-13(12)16)4-6-14(19)17-7-1-2-11(18)9-17/h3-6,8,11,18H,1-2,7,9H2. The molecule has 1 atom stereocenters. The third-order valence-corrected chi connectivity index (χ3v) is 3.81. The van der Waals surface area contributed by atoms with Crippen LogP contribution in [-0.4, -0.2) is 35.1 Å². The molecule has 0 spiro atoms. The van der Waals surface area contributed by atoms with Gasteiger partial charge in [0.1, 0.15) is 0 Å². The smallest absolute Gasteiger partial charge is 0.246 e. The minimum atomic E-state index is -0.406. The average molecular weight is 300 g/mol. The minimum Gasteiger partial charge on any atom is -0.391 e. The van der Waals surface area contributed by atoms with Gasteiger partial charge in [0.2, 0.25) is 5.91 Å². The van der Waals surface area contributed by atoms with Crippen LogP contribution in [0.15, 0.2) is 24.3 Å². The van der Waals surface area contributed by atoms with Crippen LogP contribution in [-0.2, 0) is 4.79 Å². The van der Waals surface area contributed by atoms with Crippen LogP contribution in [0.25, 0.3) is 6.08 Å². The number of aliphatic hydroxyl groups excluding tert-OH is 1. The molecule has 3 nitrogen and oxygen atoms in total. The SMILES string of the molecule is O=C(C=Cc1ccc(Cl)c(Cl)c1)N1CCCC(O)C1. The Morgan fingerprint density at radius 1 is 1.37 bits per heavy atom. The number of piperidine rings is 1. The number of hydrogen-bond acceptors (Lipinski definition) is 2. The number of amides is 1. The van der Waals surface area contributed by atoms with Crippen molar-refractivity contribution in [1.82, 2.24) is 4.90 Å². The highest BCUT2D eigenvalue weighted by Gasteiger charge is 2.20. The van der Waals surface area contributed by atoms with Crippen molar-refractivity contribution < 1.29 is 9.90 Å². The largest absolute Gasteiger partial charge is 0.391 e. The van der Waals surface area contributed by atoms with E-state index in [0.717, 1.165) is 18.4 Å². The second-order valence-electron chi connectivity index (χ2n) is 4.59. The molecule has 1 aliphatic rings. The Bertz CT molecular complexity index is 502. The molecular weight excluding hydrogens is 285 g/mol. The lowest BCUT2D eigenvalue weighted by molar-refractivity contribution is -0.128. The van der Waals surface area contributed by atoms with Crippen molar-refractivity contribution in [2.75, 3.05) is 13.1 Å². The Kier molecular flexibility index (Phi) is 4.86. The van der Waals surface area contributed by atoms with Crippen molar-refractivity contribution in [3.63, 3.8) is 0 Å². The van der Waals surface area contributed by atoms with E-state index in [2.05, 4.69) is 0 Å². The number of rotatable bonds is 2. The quantitative estimate of drug-likeness (QED) is 0.853. The molecule has 1 fully saturated rings. The summed E-state index contributed by atoms with van der Waals surface area (Å²) in [5, 5.41) is 10.5. The van der Waals surface area contributed by atoms with Gasteiger partial charge in [-0.05, 0) is 36.6 Å². The Hall–Kier alpha value is -1.03. The zero-order valence-corrected chi connectivity index (χ0v) is 11.9. The van der Waals surface area contributed by atoms with Gasteiger partial charge >= 0.3 is 0 Å². The van der Waals surface area contributed by atoms with Crippen LogP contribution in [0.4, 0.5) is 0 Å². The predicted octanol–water partition coefficient (Wildman–Crippen LogP) is 2.99. The second-order valence-corrected chi connectivity index (χ2v) is 5.40. The number of nitrogens with zero attached hydrogens (tertiary/aromatic N) is 1. The van der Waals surface area contributed by atoms with Gasteiger partial charge in [-0.3, -0.25) is 4.79 Å². The molecule has 1 N–H and O–H groups in total. The first-order chi connectivity index (χ1) is 9.06. The molecule has 0 saturated carbocycles. The molecule has 1 unspecified atom stereocenters. The summed E-state index contributed by atoms with van der Waals surface area (Å²) >= 11 is 11.7. The van der Waals surface area contributed by atoms with Crippen molar-refractivity contribution in [2.24, 2.45) is 0 Å². The average Bonchev–Trinajstić information content (AvgIpc) is 2.40. The Morgan fingerprint density at radius 3 is 2.84 bits per heavy atom. The molecule has 0 bridgehead atoms. The first-order valence-electron chi connectivity index (χ1n) is 6.16. The van der Waals surface area contributed by atoms with Gasteiger partial charge in [-0.15, -0.1) is 0 Å². The monoisotopic (exact) mass is 299 g/mol. The normalized spacial score (nSPS) is 19.9. The van der Waals surface area contributed by atoms with Gasteiger partial charge in [-0.2, -0.15) is 0 Å². The molecule has 0 aromatic heterocycles. The topological polar surface area (TPSA) is 40.5 Å². The molecule has 1 aromatic rings. The Labute approximate surface area is 122 Å². The Morgan fingerprint density at radius 2 is 2.16 bits per heavy atom. The third kappa shape index (κ3) is 3.96. The summed E-state index contributed by atoms with van der Waals surface area (Å²) in [5.74, 6) is -0.0928. The number of likely N-dealkylation sites (tertiary alicyclic amines) is 1. The maximum Gasteiger partial charge on any atom is 0.246 e. The van der Waals surface area contributed by atoms with Gasteiger partial charge in [0, 0.05) is 19.2 Å². The van der Waals surface area contributed by atoms with E-state index in [1.54, 1.807) is 29.2 Å². The highest BCUT2D eigenvalue weighted by Crippen LogP contribution is 2.23. The van der Waals surface area contributed by atoms with E-state index in [4.69, 9.17) is 23.2 Å². The molecule has 1 heterocycles. The van der Waals surface area contributed by atoms with E-state index in [1.807, 2.05) is 0 Å². The number of aliphatic hydroxyl groups is 1.